The zero-order chi connectivity index (χ0) is 21.8. The highest BCUT2D eigenvalue weighted by Crippen LogP contribution is 2.13. The summed E-state index contributed by atoms with van der Waals surface area (Å²) in [7, 11) is 2.94. The van der Waals surface area contributed by atoms with E-state index in [0.717, 1.165) is 5.56 Å². The van der Waals surface area contributed by atoms with Gasteiger partial charge in [0, 0.05) is 26.3 Å². The number of amides is 1. The molecule has 0 aliphatic carbocycles. The lowest BCUT2D eigenvalue weighted by Gasteiger charge is -2.18. The van der Waals surface area contributed by atoms with Gasteiger partial charge in [0.05, 0.1) is 23.6 Å². The van der Waals surface area contributed by atoms with Crippen molar-refractivity contribution in [2.45, 2.75) is 26.4 Å². The molecule has 0 unspecified atom stereocenters. The van der Waals surface area contributed by atoms with Crippen LogP contribution < -0.4 is 11.2 Å². The second kappa shape index (κ2) is 8.73. The number of methoxy groups -OCH3 is 1. The van der Waals surface area contributed by atoms with Crippen molar-refractivity contribution < 1.29 is 14.3 Å². The summed E-state index contributed by atoms with van der Waals surface area (Å²) < 4.78 is 6.06. The molecule has 1 N–H and O–H groups in total. The van der Waals surface area contributed by atoms with E-state index in [-0.39, 0.29) is 22.5 Å². The van der Waals surface area contributed by atoms with E-state index < -0.39 is 17.2 Å². The Labute approximate surface area is 171 Å². The fourth-order valence-electron chi connectivity index (χ4n) is 3.15. The number of carbonyl (C=O) groups is 2. The zero-order valence-corrected chi connectivity index (χ0v) is 17.0. The van der Waals surface area contributed by atoms with Crippen molar-refractivity contribution >= 4 is 22.9 Å². The van der Waals surface area contributed by atoms with E-state index in [1.165, 1.54) is 28.8 Å². The Morgan fingerprint density at radius 3 is 2.50 bits per heavy atom. The third-order valence-electron chi connectivity index (χ3n) is 4.67. The number of fused-ring (bicyclic) bond motifs is 1. The van der Waals surface area contributed by atoms with Crippen LogP contribution in [0.1, 0.15) is 39.6 Å². The summed E-state index contributed by atoms with van der Waals surface area (Å²) >= 11 is 0. The Morgan fingerprint density at radius 1 is 1.17 bits per heavy atom. The van der Waals surface area contributed by atoms with Crippen LogP contribution in [0.25, 0.3) is 11.0 Å². The van der Waals surface area contributed by atoms with Gasteiger partial charge in [-0.15, -0.1) is 0 Å². The van der Waals surface area contributed by atoms with Gasteiger partial charge in [-0.1, -0.05) is 19.1 Å². The molecule has 3 aromatic rings. The Balaban J connectivity index is 1.86. The minimum absolute atomic E-state index is 0.185. The molecule has 1 aromatic carbocycles. The first-order valence-corrected chi connectivity index (χ1v) is 9.41. The first kappa shape index (κ1) is 21.0. The first-order valence-electron chi connectivity index (χ1n) is 9.41. The van der Waals surface area contributed by atoms with Gasteiger partial charge < -0.3 is 9.64 Å². The van der Waals surface area contributed by atoms with Crippen LogP contribution in [0.4, 0.5) is 0 Å². The molecule has 30 heavy (non-hydrogen) atoms. The molecule has 0 radical (unpaired) electrons. The number of esters is 1. The number of ether oxygens (including phenoxy) is 1. The highest BCUT2D eigenvalue weighted by molar-refractivity contribution is 5.96. The van der Waals surface area contributed by atoms with Crippen LogP contribution in [-0.4, -0.2) is 45.5 Å². The van der Waals surface area contributed by atoms with Crippen LogP contribution in [0.3, 0.4) is 0 Å². The number of pyridine rings is 1. The highest BCUT2D eigenvalue weighted by atomic mass is 16.5. The Bertz CT molecular complexity index is 1210. The number of benzene rings is 1. The van der Waals surface area contributed by atoms with Crippen molar-refractivity contribution in [2.75, 3.05) is 14.2 Å². The normalized spacial score (nSPS) is 10.8. The Hall–Kier alpha value is -3.75. The number of rotatable bonds is 6. The first-order chi connectivity index (χ1) is 14.3. The van der Waals surface area contributed by atoms with E-state index in [9.17, 15) is 19.2 Å². The second-order valence-corrected chi connectivity index (χ2v) is 6.86. The van der Waals surface area contributed by atoms with E-state index in [2.05, 4.69) is 14.7 Å². The summed E-state index contributed by atoms with van der Waals surface area (Å²) in [4.78, 5) is 56.6. The van der Waals surface area contributed by atoms with Gasteiger partial charge in [-0.05, 0) is 30.2 Å². The average Bonchev–Trinajstić information content (AvgIpc) is 2.75. The summed E-state index contributed by atoms with van der Waals surface area (Å²) in [6.45, 7) is 2.62. The van der Waals surface area contributed by atoms with Crippen molar-refractivity contribution in [1.29, 1.82) is 0 Å². The molecule has 2 aromatic heterocycles. The standard InChI is InChI=1S/C21H22N4O5/c1-4-9-25-17-16(18(26)23-21(25)29)10-15(11-22-17)19(27)24(2)12-13-5-7-14(8-6-13)20(28)30-3/h5-8,10-11H,4,9,12H2,1-3H3,(H,23,26,29). The number of aromatic amines is 1. The molecule has 0 saturated heterocycles. The smallest absolute Gasteiger partial charge is 0.337 e. The van der Waals surface area contributed by atoms with E-state index in [1.807, 2.05) is 6.92 Å². The number of H-pyrrole nitrogens is 1. The van der Waals surface area contributed by atoms with Crippen LogP contribution in [-0.2, 0) is 17.8 Å². The third-order valence-corrected chi connectivity index (χ3v) is 4.67. The van der Waals surface area contributed by atoms with Crippen molar-refractivity contribution in [1.82, 2.24) is 19.4 Å². The number of carbonyl (C=O) groups excluding carboxylic acids is 2. The summed E-state index contributed by atoms with van der Waals surface area (Å²) in [5, 5.41) is 0.185. The molecule has 0 spiro atoms. The quantitative estimate of drug-likeness (QED) is 0.617. The van der Waals surface area contributed by atoms with Crippen molar-refractivity contribution in [2.24, 2.45) is 0 Å². The predicted octanol–water partition coefficient (Wildman–Crippen LogP) is 1.55. The third kappa shape index (κ3) is 4.14. The van der Waals surface area contributed by atoms with Gasteiger partial charge in [0.15, 0.2) is 0 Å². The molecule has 9 nitrogen and oxygen atoms in total. The monoisotopic (exact) mass is 410 g/mol. The van der Waals surface area contributed by atoms with Crippen molar-refractivity contribution in [3.05, 3.63) is 74.1 Å². The molecule has 0 aliphatic heterocycles. The van der Waals surface area contributed by atoms with Gasteiger partial charge in [0.2, 0.25) is 0 Å². The van der Waals surface area contributed by atoms with Crippen LogP contribution in [0, 0.1) is 0 Å². The van der Waals surface area contributed by atoms with Gasteiger partial charge in [-0.25, -0.2) is 14.6 Å². The molecule has 0 saturated carbocycles. The lowest BCUT2D eigenvalue weighted by Crippen LogP contribution is -2.31. The van der Waals surface area contributed by atoms with E-state index >= 15 is 0 Å². The van der Waals surface area contributed by atoms with Gasteiger partial charge in [0.25, 0.3) is 11.5 Å². The molecule has 156 valence electrons. The lowest BCUT2D eigenvalue weighted by molar-refractivity contribution is 0.0600. The maximum absolute atomic E-state index is 12.8. The second-order valence-electron chi connectivity index (χ2n) is 6.86. The van der Waals surface area contributed by atoms with Gasteiger partial charge in [-0.3, -0.25) is 19.1 Å². The number of nitrogens with zero attached hydrogens (tertiary/aromatic N) is 3. The lowest BCUT2D eigenvalue weighted by atomic mass is 10.1. The Kier molecular flexibility index (Phi) is 6.10. The molecule has 9 heteroatoms. The summed E-state index contributed by atoms with van der Waals surface area (Å²) in [6, 6.07) is 8.19. The number of hydrogen-bond donors (Lipinski definition) is 1. The Morgan fingerprint density at radius 2 is 1.87 bits per heavy atom. The summed E-state index contributed by atoms with van der Waals surface area (Å²) in [5.41, 5.74) is 0.638. The maximum atomic E-state index is 12.8. The van der Waals surface area contributed by atoms with E-state index in [4.69, 9.17) is 0 Å². The van der Waals surface area contributed by atoms with Crippen LogP contribution in [0.5, 0.6) is 0 Å². The predicted molar refractivity (Wildman–Crippen MR) is 110 cm³/mol. The molecular weight excluding hydrogens is 388 g/mol. The fraction of sp³-hybridized carbons (Fsp3) is 0.286. The number of aromatic nitrogens is 3. The van der Waals surface area contributed by atoms with Crippen LogP contribution in [0.15, 0.2) is 46.1 Å². The van der Waals surface area contributed by atoms with Crippen LogP contribution in [0.2, 0.25) is 0 Å². The molecule has 0 atom stereocenters. The van der Waals surface area contributed by atoms with E-state index in [1.54, 1.807) is 31.3 Å². The topological polar surface area (TPSA) is 114 Å². The minimum Gasteiger partial charge on any atom is -0.465 e. The van der Waals surface area contributed by atoms with E-state index in [0.29, 0.717) is 25.1 Å². The SMILES string of the molecule is CCCn1c(=O)[nH]c(=O)c2cc(C(=O)N(C)Cc3ccc(C(=O)OC)cc3)cnc21. The number of aryl methyl sites for hydroxylation is 1. The molecule has 0 bridgehead atoms. The number of hydrogen-bond acceptors (Lipinski definition) is 6. The van der Waals surface area contributed by atoms with Crippen LogP contribution >= 0.6 is 0 Å². The summed E-state index contributed by atoms with van der Waals surface area (Å²) in [6.07, 6.45) is 2.06. The van der Waals surface area contributed by atoms with Gasteiger partial charge >= 0.3 is 11.7 Å². The van der Waals surface area contributed by atoms with Crippen molar-refractivity contribution in [3.63, 3.8) is 0 Å². The van der Waals surface area contributed by atoms with Crippen molar-refractivity contribution in [3.8, 4) is 0 Å². The highest BCUT2D eigenvalue weighted by Gasteiger charge is 2.16. The van der Waals surface area contributed by atoms with Gasteiger partial charge in [0.1, 0.15) is 5.65 Å². The molecule has 3 rings (SSSR count). The molecule has 1 amide bonds. The fourth-order valence-corrected chi connectivity index (χ4v) is 3.15. The molecule has 2 heterocycles. The average molecular weight is 410 g/mol. The molecule has 0 aliphatic rings. The summed E-state index contributed by atoms with van der Waals surface area (Å²) in [5.74, 6) is -0.755. The zero-order valence-electron chi connectivity index (χ0n) is 17.0. The minimum atomic E-state index is -0.578. The maximum Gasteiger partial charge on any atom is 0.337 e. The molecular formula is C21H22N4O5. The molecule has 0 fully saturated rings. The van der Waals surface area contributed by atoms with Gasteiger partial charge in [-0.2, -0.15) is 0 Å². The number of nitrogens with one attached hydrogen (secondary N) is 1. The largest absolute Gasteiger partial charge is 0.465 e.